The molecule has 0 radical (unpaired) electrons. The van der Waals surface area contributed by atoms with Gasteiger partial charge in [-0.15, -0.1) is 0 Å². The fraction of sp³-hybridized carbons (Fsp3) is 0.643. The summed E-state index contributed by atoms with van der Waals surface area (Å²) in [6, 6.07) is 2.93. The molecule has 17 heavy (non-hydrogen) atoms. The standard InChI is InChI=1S/C14H21N3/c1-12-4-5-15-9-13(12)10-16-7-8-17-6-2-3-14(17)11-16/h4-5,9,14H,2-3,6-8,10-11H2,1H3. The lowest BCUT2D eigenvalue weighted by Crippen LogP contribution is -2.49. The first-order chi connectivity index (χ1) is 8.33. The van der Waals surface area contributed by atoms with Crippen LogP contribution in [0.25, 0.3) is 0 Å². The molecule has 2 aliphatic heterocycles. The number of pyridine rings is 1. The van der Waals surface area contributed by atoms with Crippen LogP contribution in [-0.4, -0.2) is 47.0 Å². The zero-order chi connectivity index (χ0) is 11.7. The van der Waals surface area contributed by atoms with Gasteiger partial charge in [-0.3, -0.25) is 14.8 Å². The Hall–Kier alpha value is -0.930. The van der Waals surface area contributed by atoms with Crippen molar-refractivity contribution in [1.82, 2.24) is 14.8 Å². The van der Waals surface area contributed by atoms with Crippen molar-refractivity contribution in [3.8, 4) is 0 Å². The normalized spacial score (nSPS) is 26.1. The minimum atomic E-state index is 0.820. The zero-order valence-corrected chi connectivity index (χ0v) is 10.6. The SMILES string of the molecule is Cc1ccncc1CN1CCN2CCCC2C1. The van der Waals surface area contributed by atoms with Crippen molar-refractivity contribution < 1.29 is 0 Å². The summed E-state index contributed by atoms with van der Waals surface area (Å²) in [6.45, 7) is 8.29. The summed E-state index contributed by atoms with van der Waals surface area (Å²) in [5.41, 5.74) is 2.76. The molecule has 92 valence electrons. The molecule has 0 spiro atoms. The van der Waals surface area contributed by atoms with Crippen LogP contribution in [0.1, 0.15) is 24.0 Å². The highest BCUT2D eigenvalue weighted by molar-refractivity contribution is 5.21. The highest BCUT2D eigenvalue weighted by Gasteiger charge is 2.30. The molecule has 3 heterocycles. The molecule has 0 amide bonds. The highest BCUT2D eigenvalue weighted by atomic mass is 15.3. The second-order valence-corrected chi connectivity index (χ2v) is 5.37. The summed E-state index contributed by atoms with van der Waals surface area (Å²) in [5.74, 6) is 0. The first-order valence-corrected chi connectivity index (χ1v) is 6.69. The lowest BCUT2D eigenvalue weighted by molar-refractivity contribution is 0.0991. The fourth-order valence-corrected chi connectivity index (χ4v) is 3.10. The topological polar surface area (TPSA) is 19.4 Å². The van der Waals surface area contributed by atoms with E-state index in [9.17, 15) is 0 Å². The number of fused-ring (bicyclic) bond motifs is 1. The Balaban J connectivity index is 1.64. The van der Waals surface area contributed by atoms with Crippen molar-refractivity contribution >= 4 is 0 Å². The molecule has 1 atom stereocenters. The molecule has 2 fully saturated rings. The molecule has 0 bridgehead atoms. The molecule has 1 aromatic rings. The van der Waals surface area contributed by atoms with Gasteiger partial charge in [-0.1, -0.05) is 0 Å². The Labute approximate surface area is 103 Å². The summed E-state index contributed by atoms with van der Waals surface area (Å²) in [7, 11) is 0. The molecule has 2 aliphatic rings. The first-order valence-electron chi connectivity index (χ1n) is 6.69. The van der Waals surface area contributed by atoms with Crippen LogP contribution in [0.4, 0.5) is 0 Å². The highest BCUT2D eigenvalue weighted by Crippen LogP contribution is 2.22. The maximum Gasteiger partial charge on any atom is 0.0315 e. The smallest absolute Gasteiger partial charge is 0.0315 e. The minimum Gasteiger partial charge on any atom is -0.298 e. The van der Waals surface area contributed by atoms with E-state index in [1.807, 2.05) is 12.4 Å². The van der Waals surface area contributed by atoms with Crippen LogP contribution in [0.5, 0.6) is 0 Å². The largest absolute Gasteiger partial charge is 0.298 e. The van der Waals surface area contributed by atoms with Gasteiger partial charge in [0.2, 0.25) is 0 Å². The summed E-state index contributed by atoms with van der Waals surface area (Å²) < 4.78 is 0. The quantitative estimate of drug-likeness (QED) is 0.772. The van der Waals surface area contributed by atoms with Gasteiger partial charge in [0.15, 0.2) is 0 Å². The number of hydrogen-bond donors (Lipinski definition) is 0. The summed E-state index contributed by atoms with van der Waals surface area (Å²) in [6.07, 6.45) is 6.69. The van der Waals surface area contributed by atoms with Crippen LogP contribution >= 0.6 is 0 Å². The third-order valence-corrected chi connectivity index (χ3v) is 4.21. The number of nitrogens with zero attached hydrogens (tertiary/aromatic N) is 3. The maximum atomic E-state index is 4.24. The number of aryl methyl sites for hydroxylation is 1. The van der Waals surface area contributed by atoms with Crippen LogP contribution in [0.15, 0.2) is 18.5 Å². The average Bonchev–Trinajstić information content (AvgIpc) is 2.79. The average molecular weight is 231 g/mol. The summed E-state index contributed by atoms with van der Waals surface area (Å²) >= 11 is 0. The minimum absolute atomic E-state index is 0.820. The number of rotatable bonds is 2. The van der Waals surface area contributed by atoms with Crippen molar-refractivity contribution in [3.05, 3.63) is 29.6 Å². The van der Waals surface area contributed by atoms with E-state index in [0.29, 0.717) is 0 Å². The van der Waals surface area contributed by atoms with Gasteiger partial charge in [0.05, 0.1) is 0 Å². The molecule has 0 saturated carbocycles. The molecule has 3 rings (SSSR count). The van der Waals surface area contributed by atoms with Gasteiger partial charge in [-0.05, 0) is 43.5 Å². The molecule has 3 nitrogen and oxygen atoms in total. The van der Waals surface area contributed by atoms with Gasteiger partial charge < -0.3 is 0 Å². The second-order valence-electron chi connectivity index (χ2n) is 5.37. The van der Waals surface area contributed by atoms with E-state index in [0.717, 1.165) is 12.6 Å². The van der Waals surface area contributed by atoms with E-state index >= 15 is 0 Å². The van der Waals surface area contributed by atoms with Crippen molar-refractivity contribution in [2.75, 3.05) is 26.2 Å². The molecular weight excluding hydrogens is 210 g/mol. The van der Waals surface area contributed by atoms with Gasteiger partial charge in [0.1, 0.15) is 0 Å². The second kappa shape index (κ2) is 4.75. The van der Waals surface area contributed by atoms with Gasteiger partial charge in [-0.2, -0.15) is 0 Å². The molecule has 0 aromatic carbocycles. The van der Waals surface area contributed by atoms with Crippen molar-refractivity contribution in [3.63, 3.8) is 0 Å². The predicted molar refractivity (Wildman–Crippen MR) is 68.8 cm³/mol. The zero-order valence-electron chi connectivity index (χ0n) is 10.6. The van der Waals surface area contributed by atoms with E-state index in [1.54, 1.807) is 0 Å². The van der Waals surface area contributed by atoms with Crippen molar-refractivity contribution in [2.45, 2.75) is 32.4 Å². The van der Waals surface area contributed by atoms with E-state index in [4.69, 9.17) is 0 Å². The lowest BCUT2D eigenvalue weighted by atomic mass is 10.1. The van der Waals surface area contributed by atoms with Crippen LogP contribution in [0, 0.1) is 6.92 Å². The molecular formula is C14H21N3. The van der Waals surface area contributed by atoms with E-state index in [2.05, 4.69) is 27.8 Å². The number of hydrogen-bond acceptors (Lipinski definition) is 3. The Morgan fingerprint density at radius 3 is 3.18 bits per heavy atom. The summed E-state index contributed by atoms with van der Waals surface area (Å²) in [4.78, 5) is 9.49. The van der Waals surface area contributed by atoms with Crippen LogP contribution in [0.2, 0.25) is 0 Å². The van der Waals surface area contributed by atoms with Crippen LogP contribution in [-0.2, 0) is 6.54 Å². The van der Waals surface area contributed by atoms with E-state index < -0.39 is 0 Å². The Kier molecular flexibility index (Phi) is 3.12. The van der Waals surface area contributed by atoms with Gasteiger partial charge in [-0.25, -0.2) is 0 Å². The van der Waals surface area contributed by atoms with Crippen LogP contribution < -0.4 is 0 Å². The number of piperazine rings is 1. The fourth-order valence-electron chi connectivity index (χ4n) is 3.10. The molecule has 0 N–H and O–H groups in total. The van der Waals surface area contributed by atoms with E-state index in [1.165, 1.54) is 50.1 Å². The van der Waals surface area contributed by atoms with Gasteiger partial charge in [0.25, 0.3) is 0 Å². The first kappa shape index (κ1) is 11.2. The number of aromatic nitrogens is 1. The Morgan fingerprint density at radius 1 is 1.35 bits per heavy atom. The summed E-state index contributed by atoms with van der Waals surface area (Å²) in [5, 5.41) is 0. The Morgan fingerprint density at radius 2 is 2.29 bits per heavy atom. The van der Waals surface area contributed by atoms with Gasteiger partial charge >= 0.3 is 0 Å². The molecule has 3 heteroatoms. The third kappa shape index (κ3) is 2.35. The lowest BCUT2D eigenvalue weighted by Gasteiger charge is -2.37. The maximum absolute atomic E-state index is 4.24. The van der Waals surface area contributed by atoms with Crippen molar-refractivity contribution in [1.29, 1.82) is 0 Å². The van der Waals surface area contributed by atoms with Crippen molar-refractivity contribution in [2.24, 2.45) is 0 Å². The molecule has 1 aromatic heterocycles. The molecule has 1 unspecified atom stereocenters. The van der Waals surface area contributed by atoms with Gasteiger partial charge in [0, 0.05) is 44.6 Å². The molecule has 0 aliphatic carbocycles. The monoisotopic (exact) mass is 231 g/mol. The third-order valence-electron chi connectivity index (χ3n) is 4.21. The van der Waals surface area contributed by atoms with Crippen LogP contribution in [0.3, 0.4) is 0 Å². The Bertz CT molecular complexity index is 391. The molecule has 2 saturated heterocycles. The predicted octanol–water partition coefficient (Wildman–Crippen LogP) is 1.67. The van der Waals surface area contributed by atoms with E-state index in [-0.39, 0.29) is 0 Å².